The zero-order valence-corrected chi connectivity index (χ0v) is 14.8. The van der Waals surface area contributed by atoms with Crippen LogP contribution in [0.25, 0.3) is 4.96 Å². The van der Waals surface area contributed by atoms with Gasteiger partial charge in [-0.15, -0.1) is 5.10 Å². The van der Waals surface area contributed by atoms with Gasteiger partial charge in [-0.2, -0.15) is 0 Å². The van der Waals surface area contributed by atoms with E-state index in [0.717, 1.165) is 35.4 Å². The third kappa shape index (κ3) is 3.60. The smallest absolute Gasteiger partial charge is 0.214 e. The van der Waals surface area contributed by atoms with E-state index in [0.29, 0.717) is 5.92 Å². The summed E-state index contributed by atoms with van der Waals surface area (Å²) >= 11 is 1.63. The molecule has 1 aliphatic rings. The van der Waals surface area contributed by atoms with E-state index in [1.165, 1.54) is 24.9 Å². The van der Waals surface area contributed by atoms with Crippen LogP contribution in [-0.4, -0.2) is 39.1 Å². The van der Waals surface area contributed by atoms with Crippen molar-refractivity contribution in [1.29, 1.82) is 0 Å². The van der Waals surface area contributed by atoms with Crippen molar-refractivity contribution < 1.29 is 0 Å². The molecule has 3 heterocycles. The summed E-state index contributed by atoms with van der Waals surface area (Å²) in [7, 11) is 0. The van der Waals surface area contributed by atoms with Crippen molar-refractivity contribution in [2.45, 2.75) is 26.3 Å². The van der Waals surface area contributed by atoms with Crippen molar-refractivity contribution in [1.82, 2.24) is 19.5 Å². The first-order valence-electron chi connectivity index (χ1n) is 8.59. The maximum absolute atomic E-state index is 4.55. The van der Waals surface area contributed by atoms with Crippen molar-refractivity contribution in [2.75, 3.05) is 25.0 Å². The topological polar surface area (TPSA) is 45.5 Å². The normalized spacial score (nSPS) is 19.0. The fraction of sp³-hybridized carbons (Fsp3) is 0.444. The standard InChI is InChI=1S/C18H23N5S/c1-14-11-23-18(20-14)24-17(21-23)19-10-16-8-5-9-22(13-16)12-15-6-3-2-4-7-15/h2-4,6-7,11,16H,5,8-10,12-13H2,1H3,(H,19,21). The summed E-state index contributed by atoms with van der Waals surface area (Å²) in [6.45, 7) is 6.40. The van der Waals surface area contributed by atoms with Crippen molar-refractivity contribution in [3.8, 4) is 0 Å². The Morgan fingerprint density at radius 3 is 3.00 bits per heavy atom. The number of fused-ring (bicyclic) bond motifs is 1. The number of hydrogen-bond donors (Lipinski definition) is 1. The second-order valence-corrected chi connectivity index (χ2v) is 7.58. The predicted molar refractivity (Wildman–Crippen MR) is 98.5 cm³/mol. The number of nitrogens with one attached hydrogen (secondary N) is 1. The van der Waals surface area contributed by atoms with Crippen LogP contribution in [0.5, 0.6) is 0 Å². The van der Waals surface area contributed by atoms with Crippen molar-refractivity contribution in [2.24, 2.45) is 5.92 Å². The maximum atomic E-state index is 4.55. The number of nitrogens with zero attached hydrogens (tertiary/aromatic N) is 4. The second-order valence-electron chi connectivity index (χ2n) is 6.63. The summed E-state index contributed by atoms with van der Waals surface area (Å²) in [4.78, 5) is 7.99. The maximum Gasteiger partial charge on any atom is 0.214 e. The molecule has 1 atom stereocenters. The lowest BCUT2D eigenvalue weighted by atomic mass is 9.97. The van der Waals surface area contributed by atoms with E-state index in [4.69, 9.17) is 0 Å². The van der Waals surface area contributed by atoms with E-state index >= 15 is 0 Å². The lowest BCUT2D eigenvalue weighted by Gasteiger charge is -2.32. The highest BCUT2D eigenvalue weighted by Crippen LogP contribution is 2.22. The van der Waals surface area contributed by atoms with Crippen LogP contribution < -0.4 is 5.32 Å². The minimum Gasteiger partial charge on any atom is -0.360 e. The molecule has 1 unspecified atom stereocenters. The highest BCUT2D eigenvalue weighted by Gasteiger charge is 2.20. The molecule has 0 bridgehead atoms. The third-order valence-corrected chi connectivity index (χ3v) is 5.44. The van der Waals surface area contributed by atoms with Gasteiger partial charge in [-0.3, -0.25) is 4.90 Å². The van der Waals surface area contributed by atoms with Crippen LogP contribution >= 0.6 is 11.3 Å². The molecule has 0 spiro atoms. The predicted octanol–water partition coefficient (Wildman–Crippen LogP) is 3.42. The van der Waals surface area contributed by atoms with E-state index in [2.05, 4.69) is 50.6 Å². The Bertz CT molecular complexity index is 763. The van der Waals surface area contributed by atoms with Crippen LogP contribution in [0, 0.1) is 12.8 Å². The molecule has 5 nitrogen and oxygen atoms in total. The minimum atomic E-state index is 0.681. The molecule has 0 saturated carbocycles. The Balaban J connectivity index is 1.32. The molecule has 1 aliphatic heterocycles. The van der Waals surface area contributed by atoms with E-state index < -0.39 is 0 Å². The summed E-state index contributed by atoms with van der Waals surface area (Å²) in [5.41, 5.74) is 2.42. The fourth-order valence-electron chi connectivity index (χ4n) is 3.42. The zero-order valence-electron chi connectivity index (χ0n) is 14.0. The van der Waals surface area contributed by atoms with Gasteiger partial charge in [0.25, 0.3) is 0 Å². The van der Waals surface area contributed by atoms with Gasteiger partial charge in [0.2, 0.25) is 10.1 Å². The van der Waals surface area contributed by atoms with Gasteiger partial charge in [-0.25, -0.2) is 9.50 Å². The molecule has 3 aromatic rings. The van der Waals surface area contributed by atoms with E-state index in [1.54, 1.807) is 11.3 Å². The Hall–Kier alpha value is -1.92. The summed E-state index contributed by atoms with van der Waals surface area (Å²) in [6.07, 6.45) is 4.54. The van der Waals surface area contributed by atoms with Crippen molar-refractivity contribution in [3.05, 3.63) is 47.8 Å². The molecule has 1 fully saturated rings. The molecule has 4 rings (SSSR count). The zero-order chi connectivity index (χ0) is 16.4. The first-order chi connectivity index (χ1) is 11.8. The van der Waals surface area contributed by atoms with Gasteiger partial charge in [0, 0.05) is 19.6 Å². The SMILES string of the molecule is Cc1cn2nc(NCC3CCCN(Cc4ccccc4)C3)sc2n1. The van der Waals surface area contributed by atoms with Gasteiger partial charge in [0.1, 0.15) is 0 Å². The van der Waals surface area contributed by atoms with Crippen LogP contribution in [-0.2, 0) is 6.54 Å². The Morgan fingerprint density at radius 1 is 1.29 bits per heavy atom. The van der Waals surface area contributed by atoms with E-state index in [-0.39, 0.29) is 0 Å². The number of hydrogen-bond acceptors (Lipinski definition) is 5. The largest absolute Gasteiger partial charge is 0.360 e. The van der Waals surface area contributed by atoms with E-state index in [1.807, 2.05) is 17.6 Å². The highest BCUT2D eigenvalue weighted by atomic mass is 32.1. The van der Waals surface area contributed by atoms with Gasteiger partial charge >= 0.3 is 0 Å². The summed E-state index contributed by atoms with van der Waals surface area (Å²) in [5, 5.41) is 9.04. The quantitative estimate of drug-likeness (QED) is 0.772. The summed E-state index contributed by atoms with van der Waals surface area (Å²) in [5.74, 6) is 0.681. The Kier molecular flexibility index (Phi) is 4.49. The molecule has 24 heavy (non-hydrogen) atoms. The first kappa shape index (κ1) is 15.6. The molecule has 2 aromatic heterocycles. The number of rotatable bonds is 5. The van der Waals surface area contributed by atoms with Crippen LogP contribution in [0.4, 0.5) is 5.13 Å². The van der Waals surface area contributed by atoms with Gasteiger partial charge < -0.3 is 5.32 Å². The highest BCUT2D eigenvalue weighted by molar-refractivity contribution is 7.20. The molecule has 1 aromatic carbocycles. The van der Waals surface area contributed by atoms with Gasteiger partial charge in [-0.05, 0) is 37.8 Å². The average Bonchev–Trinajstić information content (AvgIpc) is 3.11. The lowest BCUT2D eigenvalue weighted by Crippen LogP contribution is -2.37. The molecular weight excluding hydrogens is 318 g/mol. The van der Waals surface area contributed by atoms with Crippen LogP contribution in [0.15, 0.2) is 36.5 Å². The molecule has 1 saturated heterocycles. The second kappa shape index (κ2) is 6.91. The molecule has 126 valence electrons. The van der Waals surface area contributed by atoms with Crippen LogP contribution in [0.1, 0.15) is 24.1 Å². The molecular formula is C18H23N5S. The lowest BCUT2D eigenvalue weighted by molar-refractivity contribution is 0.173. The molecule has 0 aliphatic carbocycles. The first-order valence-corrected chi connectivity index (χ1v) is 9.41. The van der Waals surface area contributed by atoms with Crippen molar-refractivity contribution in [3.63, 3.8) is 0 Å². The van der Waals surface area contributed by atoms with Crippen LogP contribution in [0.3, 0.4) is 0 Å². The Labute approximate surface area is 146 Å². The fourth-order valence-corrected chi connectivity index (χ4v) is 4.25. The Morgan fingerprint density at radius 2 is 2.17 bits per heavy atom. The number of aryl methyl sites for hydroxylation is 1. The third-order valence-electron chi connectivity index (χ3n) is 4.56. The van der Waals surface area contributed by atoms with E-state index in [9.17, 15) is 0 Å². The van der Waals surface area contributed by atoms with Gasteiger partial charge in [-0.1, -0.05) is 41.7 Å². The average molecular weight is 341 g/mol. The summed E-state index contributed by atoms with van der Waals surface area (Å²) < 4.78 is 1.87. The van der Waals surface area contributed by atoms with Crippen molar-refractivity contribution >= 4 is 21.4 Å². The van der Waals surface area contributed by atoms with Crippen LogP contribution in [0.2, 0.25) is 0 Å². The monoisotopic (exact) mass is 341 g/mol. The minimum absolute atomic E-state index is 0.681. The number of imidazole rings is 1. The van der Waals surface area contributed by atoms with Gasteiger partial charge in [0.15, 0.2) is 0 Å². The summed E-state index contributed by atoms with van der Waals surface area (Å²) in [6, 6.07) is 10.8. The molecule has 1 N–H and O–H groups in total. The molecule has 0 radical (unpaired) electrons. The number of likely N-dealkylation sites (tertiary alicyclic amines) is 1. The number of benzene rings is 1. The number of piperidine rings is 1. The number of aromatic nitrogens is 3. The molecule has 6 heteroatoms. The number of anilines is 1. The van der Waals surface area contributed by atoms with Gasteiger partial charge in [0.05, 0.1) is 11.9 Å². The molecule has 0 amide bonds.